The van der Waals surface area contributed by atoms with E-state index < -0.39 is 0 Å². The van der Waals surface area contributed by atoms with Gasteiger partial charge in [-0.15, -0.1) is 0 Å². The lowest BCUT2D eigenvalue weighted by atomic mass is 9.72. The van der Waals surface area contributed by atoms with Crippen molar-refractivity contribution in [3.8, 4) is 5.75 Å². The van der Waals surface area contributed by atoms with Crippen LogP contribution in [0.4, 0.5) is 0 Å². The molecule has 5 heteroatoms. The van der Waals surface area contributed by atoms with Gasteiger partial charge in [-0.25, -0.2) is 0 Å². The standard InChI is InChI=1S/C24H31N3O2/c1-2-29-22-7-3-5-20(15-22)17-26-13-10-24(11-14-26)9-8-23(28)27(19-24)18-21-6-4-12-25-16-21/h3-7,12,15-16H,2,8-11,13-14,17-19H2,1H3. The Morgan fingerprint density at radius 3 is 2.66 bits per heavy atom. The van der Waals surface area contributed by atoms with Gasteiger partial charge in [0.25, 0.3) is 0 Å². The molecular weight excluding hydrogens is 362 g/mol. The molecule has 154 valence electrons. The quantitative estimate of drug-likeness (QED) is 0.747. The van der Waals surface area contributed by atoms with Crippen LogP contribution in [0.3, 0.4) is 0 Å². The van der Waals surface area contributed by atoms with Crippen molar-refractivity contribution in [3.63, 3.8) is 0 Å². The molecule has 0 bridgehead atoms. The molecule has 0 atom stereocenters. The van der Waals surface area contributed by atoms with Gasteiger partial charge in [0.1, 0.15) is 5.75 Å². The van der Waals surface area contributed by atoms with E-state index in [1.807, 2.05) is 25.3 Å². The Balaban J connectivity index is 1.34. The summed E-state index contributed by atoms with van der Waals surface area (Å²) in [6.07, 6.45) is 7.68. The fourth-order valence-electron chi connectivity index (χ4n) is 4.71. The van der Waals surface area contributed by atoms with Gasteiger partial charge in [-0.1, -0.05) is 18.2 Å². The van der Waals surface area contributed by atoms with Crippen molar-refractivity contribution >= 4 is 5.91 Å². The summed E-state index contributed by atoms with van der Waals surface area (Å²) in [4.78, 5) is 21.3. The predicted molar refractivity (Wildman–Crippen MR) is 113 cm³/mol. The van der Waals surface area contributed by atoms with Crippen molar-refractivity contribution in [2.75, 3.05) is 26.2 Å². The number of benzene rings is 1. The van der Waals surface area contributed by atoms with Gasteiger partial charge >= 0.3 is 0 Å². The van der Waals surface area contributed by atoms with Crippen molar-refractivity contribution < 1.29 is 9.53 Å². The summed E-state index contributed by atoms with van der Waals surface area (Å²) in [5.74, 6) is 1.24. The summed E-state index contributed by atoms with van der Waals surface area (Å²) in [6, 6.07) is 12.4. The van der Waals surface area contributed by atoms with E-state index in [2.05, 4.69) is 39.0 Å². The Morgan fingerprint density at radius 1 is 1.07 bits per heavy atom. The van der Waals surface area contributed by atoms with Crippen LogP contribution in [0.2, 0.25) is 0 Å². The van der Waals surface area contributed by atoms with Crippen molar-refractivity contribution in [1.82, 2.24) is 14.8 Å². The average molecular weight is 394 g/mol. The molecule has 1 aromatic heterocycles. The van der Waals surface area contributed by atoms with E-state index in [1.165, 1.54) is 5.56 Å². The lowest BCUT2D eigenvalue weighted by Crippen LogP contribution is -2.51. The molecule has 0 unspecified atom stereocenters. The number of hydrogen-bond acceptors (Lipinski definition) is 4. The largest absolute Gasteiger partial charge is 0.494 e. The summed E-state index contributed by atoms with van der Waals surface area (Å²) in [7, 11) is 0. The Hall–Kier alpha value is -2.40. The second-order valence-electron chi connectivity index (χ2n) is 8.47. The third-order valence-electron chi connectivity index (χ3n) is 6.38. The number of aromatic nitrogens is 1. The van der Waals surface area contributed by atoms with Crippen LogP contribution in [0.25, 0.3) is 0 Å². The normalized spacial score (nSPS) is 19.5. The number of likely N-dealkylation sites (tertiary alicyclic amines) is 2. The van der Waals surface area contributed by atoms with Crippen LogP contribution in [0.15, 0.2) is 48.8 Å². The van der Waals surface area contributed by atoms with Gasteiger partial charge in [0.15, 0.2) is 0 Å². The van der Waals surface area contributed by atoms with E-state index in [0.29, 0.717) is 19.6 Å². The molecule has 29 heavy (non-hydrogen) atoms. The third kappa shape index (κ3) is 4.96. The molecule has 2 aliphatic heterocycles. The topological polar surface area (TPSA) is 45.7 Å². The van der Waals surface area contributed by atoms with Crippen molar-refractivity contribution in [2.45, 2.75) is 45.7 Å². The first-order chi connectivity index (χ1) is 14.2. The highest BCUT2D eigenvalue weighted by Gasteiger charge is 2.40. The second-order valence-corrected chi connectivity index (χ2v) is 8.47. The highest BCUT2D eigenvalue weighted by molar-refractivity contribution is 5.77. The van der Waals surface area contributed by atoms with Gasteiger partial charge in [-0.2, -0.15) is 0 Å². The first kappa shape index (κ1) is 19.9. The first-order valence-corrected chi connectivity index (χ1v) is 10.8. The molecule has 1 amide bonds. The average Bonchev–Trinajstić information content (AvgIpc) is 2.74. The molecule has 1 aromatic carbocycles. The van der Waals surface area contributed by atoms with Crippen LogP contribution in [-0.2, 0) is 17.9 Å². The lowest BCUT2D eigenvalue weighted by Gasteiger charge is -2.47. The van der Waals surface area contributed by atoms with Crippen LogP contribution in [0.1, 0.15) is 43.7 Å². The maximum absolute atomic E-state index is 12.5. The molecule has 1 spiro atoms. The summed E-state index contributed by atoms with van der Waals surface area (Å²) in [5, 5.41) is 0. The molecule has 2 aliphatic rings. The smallest absolute Gasteiger partial charge is 0.222 e. The van der Waals surface area contributed by atoms with Gasteiger partial charge in [-0.05, 0) is 74.0 Å². The van der Waals surface area contributed by atoms with E-state index in [-0.39, 0.29) is 11.3 Å². The minimum atomic E-state index is 0.278. The number of ether oxygens (including phenoxy) is 1. The van der Waals surface area contributed by atoms with Crippen LogP contribution in [-0.4, -0.2) is 46.9 Å². The molecule has 0 N–H and O–H groups in total. The van der Waals surface area contributed by atoms with E-state index in [9.17, 15) is 4.79 Å². The molecule has 2 saturated heterocycles. The minimum Gasteiger partial charge on any atom is -0.494 e. The number of pyridine rings is 1. The number of amides is 1. The zero-order chi connectivity index (χ0) is 20.1. The number of rotatable bonds is 6. The Morgan fingerprint density at radius 2 is 1.90 bits per heavy atom. The van der Waals surface area contributed by atoms with Gasteiger partial charge in [-0.3, -0.25) is 14.7 Å². The monoisotopic (exact) mass is 393 g/mol. The third-order valence-corrected chi connectivity index (χ3v) is 6.38. The van der Waals surface area contributed by atoms with Crippen molar-refractivity contribution in [2.24, 2.45) is 5.41 Å². The zero-order valence-electron chi connectivity index (χ0n) is 17.3. The molecule has 4 rings (SSSR count). The van der Waals surface area contributed by atoms with Crippen molar-refractivity contribution in [1.29, 1.82) is 0 Å². The minimum absolute atomic E-state index is 0.278. The van der Waals surface area contributed by atoms with Crippen LogP contribution in [0, 0.1) is 5.41 Å². The van der Waals surface area contributed by atoms with Gasteiger partial charge in [0.05, 0.1) is 6.61 Å². The van der Waals surface area contributed by atoms with Crippen molar-refractivity contribution in [3.05, 3.63) is 59.9 Å². The molecule has 5 nitrogen and oxygen atoms in total. The summed E-state index contributed by atoms with van der Waals surface area (Å²) in [6.45, 7) is 7.43. The summed E-state index contributed by atoms with van der Waals surface area (Å²) >= 11 is 0. The Labute approximate surface area is 173 Å². The van der Waals surface area contributed by atoms with E-state index >= 15 is 0 Å². The maximum atomic E-state index is 12.5. The fourth-order valence-corrected chi connectivity index (χ4v) is 4.71. The highest BCUT2D eigenvalue weighted by atomic mass is 16.5. The molecule has 3 heterocycles. The second kappa shape index (κ2) is 8.95. The molecule has 0 aliphatic carbocycles. The Bertz CT molecular complexity index is 816. The molecule has 2 aromatic rings. The van der Waals surface area contributed by atoms with Gasteiger partial charge in [0.2, 0.25) is 5.91 Å². The van der Waals surface area contributed by atoms with Gasteiger partial charge < -0.3 is 9.64 Å². The van der Waals surface area contributed by atoms with E-state index in [0.717, 1.165) is 56.8 Å². The lowest BCUT2D eigenvalue weighted by molar-refractivity contribution is -0.140. The number of carbonyl (C=O) groups excluding carboxylic acids is 1. The summed E-state index contributed by atoms with van der Waals surface area (Å²) < 4.78 is 5.64. The zero-order valence-corrected chi connectivity index (χ0v) is 17.3. The summed E-state index contributed by atoms with van der Waals surface area (Å²) in [5.41, 5.74) is 2.70. The SMILES string of the molecule is CCOc1cccc(CN2CCC3(CCC(=O)N(Cc4cccnc4)C3)CC2)c1. The first-order valence-electron chi connectivity index (χ1n) is 10.8. The van der Waals surface area contributed by atoms with E-state index in [4.69, 9.17) is 4.74 Å². The van der Waals surface area contributed by atoms with Crippen LogP contribution >= 0.6 is 0 Å². The predicted octanol–water partition coefficient (Wildman–Crippen LogP) is 3.89. The Kier molecular flexibility index (Phi) is 6.14. The molecular formula is C24H31N3O2. The van der Waals surface area contributed by atoms with Gasteiger partial charge in [0, 0.05) is 38.4 Å². The fraction of sp³-hybridized carbons (Fsp3) is 0.500. The number of nitrogens with zero attached hydrogens (tertiary/aromatic N) is 3. The molecule has 0 saturated carbocycles. The molecule has 2 fully saturated rings. The van der Waals surface area contributed by atoms with E-state index in [1.54, 1.807) is 6.20 Å². The van der Waals surface area contributed by atoms with Crippen LogP contribution in [0.5, 0.6) is 5.75 Å². The highest BCUT2D eigenvalue weighted by Crippen LogP contribution is 2.40. The number of hydrogen-bond donors (Lipinski definition) is 0. The number of carbonyl (C=O) groups is 1. The maximum Gasteiger partial charge on any atom is 0.222 e. The number of piperidine rings is 2. The van der Waals surface area contributed by atoms with Crippen LogP contribution < -0.4 is 4.74 Å². The molecule has 0 radical (unpaired) electrons.